The minimum absolute atomic E-state index is 0.0150. The van der Waals surface area contributed by atoms with Crippen LogP contribution in [0.25, 0.3) is 10.8 Å². The second kappa shape index (κ2) is 6.30. The standard InChI is InChI=1S/C11H11N7O3S/c19-9(6-17-7-13-15-16-17)12-3-4-18-11(20)21-10(14-18)8-2-1-5-22-8/h1-2,5,7H,3-4,6H2,(H,12,19). The summed E-state index contributed by atoms with van der Waals surface area (Å²) in [6, 6.07) is 3.66. The summed E-state index contributed by atoms with van der Waals surface area (Å²) in [6.07, 6.45) is 1.34. The Morgan fingerprint density at radius 2 is 2.36 bits per heavy atom. The van der Waals surface area contributed by atoms with Crippen LogP contribution in [0.4, 0.5) is 0 Å². The number of hydrogen-bond donors (Lipinski definition) is 1. The lowest BCUT2D eigenvalue weighted by molar-refractivity contribution is -0.121. The van der Waals surface area contributed by atoms with Gasteiger partial charge in [-0.25, -0.2) is 9.48 Å². The highest BCUT2D eigenvalue weighted by atomic mass is 32.1. The van der Waals surface area contributed by atoms with Crippen LogP contribution in [-0.2, 0) is 17.9 Å². The van der Waals surface area contributed by atoms with Crippen molar-refractivity contribution in [2.45, 2.75) is 13.1 Å². The van der Waals surface area contributed by atoms with Crippen molar-refractivity contribution in [3.8, 4) is 10.8 Å². The van der Waals surface area contributed by atoms with Gasteiger partial charge in [0, 0.05) is 6.54 Å². The number of carbonyl (C=O) groups excluding carboxylic acids is 1. The van der Waals surface area contributed by atoms with Gasteiger partial charge in [0.15, 0.2) is 0 Å². The van der Waals surface area contributed by atoms with Crippen LogP contribution in [-0.4, -0.2) is 42.4 Å². The maximum Gasteiger partial charge on any atom is 0.437 e. The number of thiophene rings is 1. The van der Waals surface area contributed by atoms with Gasteiger partial charge in [-0.1, -0.05) is 6.07 Å². The molecule has 0 aliphatic heterocycles. The van der Waals surface area contributed by atoms with Gasteiger partial charge in [0.25, 0.3) is 5.89 Å². The zero-order valence-corrected chi connectivity index (χ0v) is 12.1. The molecule has 0 bridgehead atoms. The predicted octanol–water partition coefficient (Wildman–Crippen LogP) is -0.632. The molecule has 114 valence electrons. The average molecular weight is 321 g/mol. The van der Waals surface area contributed by atoms with Crippen molar-refractivity contribution in [2.75, 3.05) is 6.54 Å². The number of rotatable bonds is 6. The van der Waals surface area contributed by atoms with E-state index in [2.05, 4.69) is 25.9 Å². The van der Waals surface area contributed by atoms with E-state index in [1.807, 2.05) is 17.5 Å². The van der Waals surface area contributed by atoms with Crippen LogP contribution in [0.3, 0.4) is 0 Å². The minimum Gasteiger partial charge on any atom is -0.387 e. The van der Waals surface area contributed by atoms with Gasteiger partial charge in [0.05, 0.1) is 11.4 Å². The average Bonchev–Trinajstić information content (AvgIpc) is 3.21. The van der Waals surface area contributed by atoms with Crippen LogP contribution in [0, 0.1) is 0 Å². The molecule has 0 unspecified atom stereocenters. The Kier molecular flexibility index (Phi) is 4.05. The molecule has 0 aliphatic rings. The third-order valence-electron chi connectivity index (χ3n) is 2.68. The molecule has 22 heavy (non-hydrogen) atoms. The number of aromatic nitrogens is 6. The fourth-order valence-corrected chi connectivity index (χ4v) is 2.35. The first-order valence-electron chi connectivity index (χ1n) is 6.31. The maximum absolute atomic E-state index is 11.7. The number of nitrogens with one attached hydrogen (secondary N) is 1. The molecule has 11 heteroatoms. The lowest BCUT2D eigenvalue weighted by atomic mass is 10.5. The molecule has 0 spiro atoms. The maximum atomic E-state index is 11.7. The summed E-state index contributed by atoms with van der Waals surface area (Å²) in [7, 11) is 0. The Morgan fingerprint density at radius 1 is 1.45 bits per heavy atom. The molecule has 0 fully saturated rings. The Labute approximate surface area is 127 Å². The molecule has 1 N–H and O–H groups in total. The van der Waals surface area contributed by atoms with Crippen molar-refractivity contribution in [1.82, 2.24) is 35.3 Å². The van der Waals surface area contributed by atoms with Gasteiger partial charge in [-0.05, 0) is 21.9 Å². The van der Waals surface area contributed by atoms with Crippen LogP contribution in [0.1, 0.15) is 0 Å². The molecule has 3 rings (SSSR count). The van der Waals surface area contributed by atoms with Crippen molar-refractivity contribution in [1.29, 1.82) is 0 Å². The summed E-state index contributed by atoms with van der Waals surface area (Å²) in [5.41, 5.74) is 0. The lowest BCUT2D eigenvalue weighted by Gasteiger charge is -2.03. The van der Waals surface area contributed by atoms with Gasteiger partial charge in [-0.15, -0.1) is 21.5 Å². The van der Waals surface area contributed by atoms with Gasteiger partial charge in [-0.3, -0.25) is 4.79 Å². The van der Waals surface area contributed by atoms with Crippen LogP contribution in [0.5, 0.6) is 0 Å². The van der Waals surface area contributed by atoms with Crippen molar-refractivity contribution < 1.29 is 9.21 Å². The van der Waals surface area contributed by atoms with E-state index in [1.165, 1.54) is 27.0 Å². The quantitative estimate of drug-likeness (QED) is 0.641. The monoisotopic (exact) mass is 321 g/mol. The van der Waals surface area contributed by atoms with Gasteiger partial charge < -0.3 is 9.73 Å². The van der Waals surface area contributed by atoms with Crippen LogP contribution in [0.15, 0.2) is 33.1 Å². The summed E-state index contributed by atoms with van der Waals surface area (Å²) >= 11 is 1.43. The first kappa shape index (κ1) is 14.1. The molecule has 0 saturated carbocycles. The molecule has 3 heterocycles. The Hall–Kier alpha value is -2.82. The van der Waals surface area contributed by atoms with Gasteiger partial charge in [-0.2, -0.15) is 4.68 Å². The molecule has 1 amide bonds. The molecule has 3 aromatic rings. The van der Waals surface area contributed by atoms with Gasteiger partial charge >= 0.3 is 5.76 Å². The zero-order valence-electron chi connectivity index (χ0n) is 11.2. The number of carbonyl (C=O) groups is 1. The van der Waals surface area contributed by atoms with E-state index in [0.29, 0.717) is 0 Å². The van der Waals surface area contributed by atoms with Crippen LogP contribution in [0.2, 0.25) is 0 Å². The Balaban J connectivity index is 1.53. The van der Waals surface area contributed by atoms with E-state index in [9.17, 15) is 9.59 Å². The highest BCUT2D eigenvalue weighted by Gasteiger charge is 2.11. The van der Waals surface area contributed by atoms with E-state index < -0.39 is 5.76 Å². The second-order valence-electron chi connectivity index (χ2n) is 4.23. The first-order valence-corrected chi connectivity index (χ1v) is 7.19. The second-order valence-corrected chi connectivity index (χ2v) is 5.18. The number of nitrogens with zero attached hydrogens (tertiary/aromatic N) is 6. The topological polar surface area (TPSA) is 121 Å². The van der Waals surface area contributed by atoms with Crippen molar-refractivity contribution in [3.63, 3.8) is 0 Å². The summed E-state index contributed by atoms with van der Waals surface area (Å²) in [6.45, 7) is 0.480. The lowest BCUT2D eigenvalue weighted by Crippen LogP contribution is -2.32. The fourth-order valence-electron chi connectivity index (χ4n) is 1.70. The smallest absolute Gasteiger partial charge is 0.387 e. The summed E-state index contributed by atoms with van der Waals surface area (Å²) in [4.78, 5) is 24.1. The van der Waals surface area contributed by atoms with E-state index in [0.717, 1.165) is 4.88 Å². The van der Waals surface area contributed by atoms with Gasteiger partial charge in [0.2, 0.25) is 5.91 Å². The largest absolute Gasteiger partial charge is 0.437 e. The van der Waals surface area contributed by atoms with E-state index >= 15 is 0 Å². The van der Waals surface area contributed by atoms with Crippen LogP contribution >= 0.6 is 11.3 Å². The zero-order chi connectivity index (χ0) is 15.4. The van der Waals surface area contributed by atoms with Crippen molar-refractivity contribution >= 4 is 17.2 Å². The van der Waals surface area contributed by atoms with E-state index in [-0.39, 0.29) is 31.4 Å². The summed E-state index contributed by atoms with van der Waals surface area (Å²) in [5.74, 6) is -0.541. The SMILES string of the molecule is O=C(Cn1cnnn1)NCCn1nc(-c2cccs2)oc1=O. The van der Waals surface area contributed by atoms with E-state index in [1.54, 1.807) is 0 Å². The molecule has 3 aromatic heterocycles. The van der Waals surface area contributed by atoms with E-state index in [4.69, 9.17) is 4.42 Å². The molecular weight excluding hydrogens is 310 g/mol. The van der Waals surface area contributed by atoms with Gasteiger partial charge in [0.1, 0.15) is 12.9 Å². The number of tetrazole rings is 1. The predicted molar refractivity (Wildman–Crippen MR) is 74.9 cm³/mol. The highest BCUT2D eigenvalue weighted by molar-refractivity contribution is 7.13. The molecule has 10 nitrogen and oxygen atoms in total. The Morgan fingerprint density at radius 3 is 3.09 bits per heavy atom. The molecule has 0 radical (unpaired) electrons. The summed E-state index contributed by atoms with van der Waals surface area (Å²) in [5, 5.41) is 19.0. The summed E-state index contributed by atoms with van der Waals surface area (Å²) < 4.78 is 7.54. The highest BCUT2D eigenvalue weighted by Crippen LogP contribution is 2.20. The molecule has 0 saturated heterocycles. The Bertz CT molecular complexity index is 790. The third kappa shape index (κ3) is 3.25. The molecular formula is C11H11N7O3S. The number of amides is 1. The first-order chi connectivity index (χ1) is 10.7. The van der Waals surface area contributed by atoms with Crippen molar-refractivity contribution in [3.05, 3.63) is 34.4 Å². The molecule has 0 atom stereocenters. The van der Waals surface area contributed by atoms with Crippen LogP contribution < -0.4 is 11.1 Å². The fraction of sp³-hybridized carbons (Fsp3) is 0.273. The number of hydrogen-bond acceptors (Lipinski definition) is 8. The minimum atomic E-state index is -0.557. The van der Waals surface area contributed by atoms with Crippen molar-refractivity contribution in [2.24, 2.45) is 0 Å². The normalized spacial score (nSPS) is 10.7. The third-order valence-corrected chi connectivity index (χ3v) is 3.54. The molecule has 0 aliphatic carbocycles. The molecule has 0 aromatic carbocycles.